The molecule has 1 rings (SSSR count). The average molecular weight is 221 g/mol. The molecular weight excluding hydrogens is 209 g/mol. The van der Waals surface area contributed by atoms with Gasteiger partial charge < -0.3 is 0 Å². The number of hydrogen-bond donors (Lipinski definition) is 1. The van der Waals surface area contributed by atoms with Crippen molar-refractivity contribution in [1.82, 2.24) is 4.72 Å². The Kier molecular flexibility index (Phi) is 6.31. The third-order valence-electron chi connectivity index (χ3n) is 1.47. The van der Waals surface area contributed by atoms with E-state index in [0.29, 0.717) is 0 Å². The monoisotopic (exact) mass is 221 g/mol. The maximum atomic E-state index is 11.4. The van der Waals surface area contributed by atoms with E-state index in [-0.39, 0.29) is 41.0 Å². The second-order valence-corrected chi connectivity index (χ2v) is 4.22. The number of hydrogen-bond acceptors (Lipinski definition) is 2. The van der Waals surface area contributed by atoms with Gasteiger partial charge in [-0.2, -0.15) is 0 Å². The predicted octanol–water partition coefficient (Wildman–Crippen LogP) is 0.502. The fourth-order valence-electron chi connectivity index (χ4n) is 0.852. The molecule has 5 heteroatoms. The van der Waals surface area contributed by atoms with Gasteiger partial charge in [-0.05, 0) is 12.1 Å². The second-order valence-electron chi connectivity index (χ2n) is 2.45. The van der Waals surface area contributed by atoms with E-state index in [1.165, 1.54) is 6.08 Å². The molecule has 0 amide bonds. The quantitative estimate of drug-likeness (QED) is 0.594. The molecule has 0 radical (unpaired) electrons. The standard InChI is InChI=1S/C9H11NO2S.Na.H/c1-2-8-10-13(11,12)9-6-4-3-5-7-9;;/h2-7,10H,1,8H2;;. The van der Waals surface area contributed by atoms with E-state index in [4.69, 9.17) is 0 Å². The summed E-state index contributed by atoms with van der Waals surface area (Å²) in [4.78, 5) is 0.275. The fourth-order valence-corrected chi connectivity index (χ4v) is 1.87. The Morgan fingerprint density at radius 3 is 2.36 bits per heavy atom. The van der Waals surface area contributed by atoms with Crippen molar-refractivity contribution in [1.29, 1.82) is 0 Å². The molecule has 0 aromatic heterocycles. The van der Waals surface area contributed by atoms with Gasteiger partial charge in [0.05, 0.1) is 4.90 Å². The van der Waals surface area contributed by atoms with Gasteiger partial charge in [0.1, 0.15) is 0 Å². The molecular formula is C9H12NNaO2S. The van der Waals surface area contributed by atoms with Crippen LogP contribution in [0.25, 0.3) is 0 Å². The molecule has 0 bridgehead atoms. The number of sulfonamides is 1. The van der Waals surface area contributed by atoms with Crippen LogP contribution in [0.4, 0.5) is 0 Å². The minimum atomic E-state index is -3.34. The van der Waals surface area contributed by atoms with Gasteiger partial charge >= 0.3 is 29.6 Å². The van der Waals surface area contributed by atoms with Crippen LogP contribution in [0.3, 0.4) is 0 Å². The first-order chi connectivity index (χ1) is 6.17. The molecule has 0 unspecified atom stereocenters. The van der Waals surface area contributed by atoms with E-state index in [1.807, 2.05) is 0 Å². The fraction of sp³-hybridized carbons (Fsp3) is 0.111. The van der Waals surface area contributed by atoms with Crippen LogP contribution in [0.1, 0.15) is 0 Å². The maximum absolute atomic E-state index is 11.4. The van der Waals surface area contributed by atoms with Crippen molar-refractivity contribution in [3.05, 3.63) is 43.0 Å². The zero-order chi connectivity index (χ0) is 9.73. The van der Waals surface area contributed by atoms with Crippen LogP contribution >= 0.6 is 0 Å². The molecule has 1 aromatic carbocycles. The molecule has 3 nitrogen and oxygen atoms in total. The third kappa shape index (κ3) is 3.94. The first-order valence-electron chi connectivity index (χ1n) is 3.82. The zero-order valence-corrected chi connectivity index (χ0v) is 7.92. The summed E-state index contributed by atoms with van der Waals surface area (Å²) in [5, 5.41) is 0. The summed E-state index contributed by atoms with van der Waals surface area (Å²) in [5.41, 5.74) is 0. The van der Waals surface area contributed by atoms with Crippen LogP contribution in [-0.4, -0.2) is 44.5 Å². The molecule has 0 spiro atoms. The zero-order valence-electron chi connectivity index (χ0n) is 7.10. The second kappa shape index (κ2) is 6.37. The summed E-state index contributed by atoms with van der Waals surface area (Å²) in [7, 11) is -3.34. The summed E-state index contributed by atoms with van der Waals surface area (Å²) < 4.78 is 25.2. The van der Waals surface area contributed by atoms with Crippen LogP contribution in [0.5, 0.6) is 0 Å². The normalized spacial score (nSPS) is 10.3. The van der Waals surface area contributed by atoms with Crippen molar-refractivity contribution in [3.8, 4) is 0 Å². The van der Waals surface area contributed by atoms with E-state index >= 15 is 0 Å². The van der Waals surface area contributed by atoms with Crippen molar-refractivity contribution < 1.29 is 8.42 Å². The summed E-state index contributed by atoms with van der Waals surface area (Å²) in [6, 6.07) is 8.23. The third-order valence-corrected chi connectivity index (χ3v) is 2.91. The van der Waals surface area contributed by atoms with Crippen LogP contribution in [0, 0.1) is 0 Å². The van der Waals surface area contributed by atoms with Crippen molar-refractivity contribution in [3.63, 3.8) is 0 Å². The molecule has 0 atom stereocenters. The topological polar surface area (TPSA) is 46.2 Å². The molecule has 0 saturated carbocycles. The average Bonchev–Trinajstić information content (AvgIpc) is 2.16. The van der Waals surface area contributed by atoms with Crippen LogP contribution in [-0.2, 0) is 10.0 Å². The van der Waals surface area contributed by atoms with E-state index in [9.17, 15) is 8.42 Å². The van der Waals surface area contributed by atoms with Crippen LogP contribution in [0.15, 0.2) is 47.9 Å². The predicted molar refractivity (Wildman–Crippen MR) is 59.0 cm³/mol. The van der Waals surface area contributed by atoms with Gasteiger partial charge in [-0.15, -0.1) is 6.58 Å². The Morgan fingerprint density at radius 1 is 1.29 bits per heavy atom. The Hall–Kier alpha value is -0.130. The molecule has 0 fully saturated rings. The number of rotatable bonds is 4. The van der Waals surface area contributed by atoms with Crippen LogP contribution in [0.2, 0.25) is 0 Å². The Labute approximate surface area is 107 Å². The van der Waals surface area contributed by atoms with Gasteiger partial charge in [0.15, 0.2) is 0 Å². The number of benzene rings is 1. The van der Waals surface area contributed by atoms with E-state index < -0.39 is 10.0 Å². The summed E-state index contributed by atoms with van der Waals surface area (Å²) >= 11 is 0. The van der Waals surface area contributed by atoms with E-state index in [2.05, 4.69) is 11.3 Å². The van der Waals surface area contributed by atoms with Crippen molar-refractivity contribution >= 4 is 39.6 Å². The summed E-state index contributed by atoms with van der Waals surface area (Å²) in [6.07, 6.45) is 1.50. The van der Waals surface area contributed by atoms with Gasteiger partial charge in [-0.25, -0.2) is 13.1 Å². The summed E-state index contributed by atoms with van der Waals surface area (Å²) in [5.74, 6) is 0. The van der Waals surface area contributed by atoms with Gasteiger partial charge in [-0.3, -0.25) is 0 Å². The van der Waals surface area contributed by atoms with Crippen molar-refractivity contribution in [2.75, 3.05) is 6.54 Å². The van der Waals surface area contributed by atoms with Gasteiger partial charge in [-0.1, -0.05) is 24.3 Å². The molecule has 0 aliphatic rings. The SMILES string of the molecule is C=CCNS(=O)(=O)c1ccccc1.[NaH]. The molecule has 1 N–H and O–H groups in total. The molecule has 0 aliphatic heterocycles. The Bertz CT molecular complexity index is 375. The molecule has 1 aromatic rings. The van der Waals surface area contributed by atoms with Crippen molar-refractivity contribution in [2.45, 2.75) is 4.90 Å². The minimum absolute atomic E-state index is 0. The first-order valence-corrected chi connectivity index (χ1v) is 5.31. The van der Waals surface area contributed by atoms with Crippen molar-refractivity contribution in [2.24, 2.45) is 0 Å². The molecule has 72 valence electrons. The van der Waals surface area contributed by atoms with Crippen LogP contribution < -0.4 is 4.72 Å². The Morgan fingerprint density at radius 2 is 1.86 bits per heavy atom. The van der Waals surface area contributed by atoms with Gasteiger partial charge in [0, 0.05) is 6.54 Å². The van der Waals surface area contributed by atoms with Gasteiger partial charge in [0.25, 0.3) is 0 Å². The molecule has 0 aliphatic carbocycles. The number of nitrogens with one attached hydrogen (secondary N) is 1. The molecule has 0 saturated heterocycles. The Balaban J connectivity index is 0.00000169. The first kappa shape index (κ1) is 13.9. The van der Waals surface area contributed by atoms with E-state index in [0.717, 1.165) is 0 Å². The van der Waals surface area contributed by atoms with Gasteiger partial charge in [0.2, 0.25) is 10.0 Å². The summed E-state index contributed by atoms with van der Waals surface area (Å²) in [6.45, 7) is 3.68. The molecule has 14 heavy (non-hydrogen) atoms. The molecule has 0 heterocycles. The van der Waals surface area contributed by atoms with E-state index in [1.54, 1.807) is 30.3 Å².